The molecule has 4 rings (SSSR count). The summed E-state index contributed by atoms with van der Waals surface area (Å²) in [6, 6.07) is 15.6. The SMILES string of the molecule is CCc1cccc(CC)c1NC(=O)c1cnc2scc(-c3ccccc3)n2c1=O. The van der Waals surface area contributed by atoms with E-state index < -0.39 is 5.91 Å². The first-order valence-corrected chi connectivity index (χ1v) is 10.5. The van der Waals surface area contributed by atoms with Crippen LogP contribution < -0.4 is 10.9 Å². The van der Waals surface area contributed by atoms with E-state index in [0.717, 1.165) is 40.9 Å². The minimum atomic E-state index is -0.433. The lowest BCUT2D eigenvalue weighted by atomic mass is 10.0. The third-order valence-corrected chi connectivity index (χ3v) is 5.84. The van der Waals surface area contributed by atoms with Crippen molar-refractivity contribution in [2.24, 2.45) is 0 Å². The van der Waals surface area contributed by atoms with Gasteiger partial charge in [0.05, 0.1) is 5.69 Å². The molecule has 0 aliphatic heterocycles. The fourth-order valence-corrected chi connectivity index (χ4v) is 4.30. The first-order valence-electron chi connectivity index (χ1n) is 9.60. The third kappa shape index (κ3) is 3.47. The lowest BCUT2D eigenvalue weighted by molar-refractivity contribution is 0.102. The Balaban J connectivity index is 1.79. The molecule has 5 nitrogen and oxygen atoms in total. The Bertz CT molecular complexity index is 1220. The maximum atomic E-state index is 13.2. The lowest BCUT2D eigenvalue weighted by Gasteiger charge is -2.14. The minimum Gasteiger partial charge on any atom is -0.321 e. The molecule has 0 aliphatic rings. The van der Waals surface area contributed by atoms with Crippen molar-refractivity contribution in [1.82, 2.24) is 9.38 Å². The van der Waals surface area contributed by atoms with Crippen LogP contribution >= 0.6 is 11.3 Å². The number of hydrogen-bond acceptors (Lipinski definition) is 4. The molecular weight excluding hydrogens is 382 g/mol. The van der Waals surface area contributed by atoms with Crippen LogP contribution in [-0.2, 0) is 12.8 Å². The Morgan fingerprint density at radius 2 is 1.72 bits per heavy atom. The monoisotopic (exact) mass is 403 g/mol. The average Bonchev–Trinajstić information content (AvgIpc) is 3.19. The Kier molecular flexibility index (Phi) is 5.27. The molecule has 0 bridgehead atoms. The largest absolute Gasteiger partial charge is 0.321 e. The van der Waals surface area contributed by atoms with Crippen LogP contribution in [0.4, 0.5) is 5.69 Å². The van der Waals surface area contributed by atoms with Crippen molar-refractivity contribution in [3.05, 3.63) is 87.2 Å². The number of rotatable bonds is 5. The summed E-state index contributed by atoms with van der Waals surface area (Å²) in [6.45, 7) is 4.09. The lowest BCUT2D eigenvalue weighted by Crippen LogP contribution is -2.27. The maximum absolute atomic E-state index is 13.2. The standard InChI is InChI=1S/C23H21N3O2S/c1-3-15-11-8-12-16(4-2)20(15)25-21(27)18-13-24-23-26(22(18)28)19(14-29-23)17-9-6-5-7-10-17/h5-14H,3-4H2,1-2H3,(H,25,27). The van der Waals surface area contributed by atoms with Crippen LogP contribution in [0.25, 0.3) is 16.2 Å². The number of fused-ring (bicyclic) bond motifs is 1. The number of nitrogens with zero attached hydrogens (tertiary/aromatic N) is 2. The molecule has 1 N–H and O–H groups in total. The second kappa shape index (κ2) is 8.01. The van der Waals surface area contributed by atoms with Gasteiger partial charge in [-0.15, -0.1) is 11.3 Å². The van der Waals surface area contributed by atoms with Gasteiger partial charge in [0.2, 0.25) is 0 Å². The number of anilines is 1. The number of aryl methyl sites for hydroxylation is 2. The van der Waals surface area contributed by atoms with Crippen LogP contribution in [0.1, 0.15) is 35.3 Å². The first kappa shape index (κ1) is 19.1. The number of benzene rings is 2. The number of thiazole rings is 1. The molecule has 0 unspecified atom stereocenters. The third-order valence-electron chi connectivity index (χ3n) is 5.00. The second-order valence-electron chi connectivity index (χ2n) is 6.69. The molecule has 0 aliphatic carbocycles. The number of hydrogen-bond donors (Lipinski definition) is 1. The van der Waals surface area contributed by atoms with Crippen molar-refractivity contribution in [3.8, 4) is 11.3 Å². The van der Waals surface area contributed by atoms with Gasteiger partial charge < -0.3 is 5.32 Å². The van der Waals surface area contributed by atoms with Crippen molar-refractivity contribution < 1.29 is 4.79 Å². The van der Waals surface area contributed by atoms with Crippen molar-refractivity contribution in [1.29, 1.82) is 0 Å². The van der Waals surface area contributed by atoms with E-state index in [2.05, 4.69) is 10.3 Å². The van der Waals surface area contributed by atoms with Gasteiger partial charge in [0.15, 0.2) is 4.96 Å². The Morgan fingerprint density at radius 1 is 1.03 bits per heavy atom. The maximum Gasteiger partial charge on any atom is 0.271 e. The molecule has 2 heterocycles. The average molecular weight is 404 g/mol. The fourth-order valence-electron chi connectivity index (χ4n) is 3.44. The molecule has 146 valence electrons. The zero-order valence-corrected chi connectivity index (χ0v) is 17.1. The predicted octanol–water partition coefficient (Wildman–Crippen LogP) is 4.80. The molecule has 0 fully saturated rings. The van der Waals surface area contributed by atoms with Gasteiger partial charge in [-0.3, -0.25) is 14.0 Å². The topological polar surface area (TPSA) is 63.5 Å². The molecule has 29 heavy (non-hydrogen) atoms. The van der Waals surface area contributed by atoms with Crippen LogP contribution in [0.2, 0.25) is 0 Å². The molecule has 0 saturated heterocycles. The fraction of sp³-hybridized carbons (Fsp3) is 0.174. The van der Waals surface area contributed by atoms with Gasteiger partial charge in [0.1, 0.15) is 5.56 Å². The number of aromatic nitrogens is 2. The van der Waals surface area contributed by atoms with Gasteiger partial charge in [-0.2, -0.15) is 0 Å². The Labute approximate surface area is 172 Å². The summed E-state index contributed by atoms with van der Waals surface area (Å²) in [4.78, 5) is 31.1. The van der Waals surface area contributed by atoms with E-state index in [9.17, 15) is 9.59 Å². The highest BCUT2D eigenvalue weighted by atomic mass is 32.1. The second-order valence-corrected chi connectivity index (χ2v) is 7.53. The van der Waals surface area contributed by atoms with Crippen LogP contribution in [0, 0.1) is 0 Å². The van der Waals surface area contributed by atoms with Gasteiger partial charge in [0, 0.05) is 17.3 Å². The summed E-state index contributed by atoms with van der Waals surface area (Å²) in [5, 5.41) is 4.86. The molecule has 4 aromatic rings. The number of para-hydroxylation sites is 1. The van der Waals surface area contributed by atoms with E-state index >= 15 is 0 Å². The molecule has 0 spiro atoms. The van der Waals surface area contributed by atoms with Crippen molar-refractivity contribution in [2.75, 3.05) is 5.32 Å². The van der Waals surface area contributed by atoms with E-state index in [-0.39, 0.29) is 11.1 Å². The highest BCUT2D eigenvalue weighted by molar-refractivity contribution is 7.15. The van der Waals surface area contributed by atoms with Crippen molar-refractivity contribution >= 4 is 27.9 Å². The number of nitrogens with one attached hydrogen (secondary N) is 1. The minimum absolute atomic E-state index is 0.0334. The van der Waals surface area contributed by atoms with Gasteiger partial charge in [-0.1, -0.05) is 62.4 Å². The summed E-state index contributed by atoms with van der Waals surface area (Å²) in [6.07, 6.45) is 2.96. The summed E-state index contributed by atoms with van der Waals surface area (Å²) < 4.78 is 1.52. The molecule has 0 radical (unpaired) electrons. The molecule has 0 saturated carbocycles. The zero-order chi connectivity index (χ0) is 20.4. The van der Waals surface area contributed by atoms with E-state index in [1.807, 2.05) is 67.8 Å². The number of amides is 1. The predicted molar refractivity (Wildman–Crippen MR) is 118 cm³/mol. The van der Waals surface area contributed by atoms with Crippen LogP contribution in [-0.4, -0.2) is 15.3 Å². The smallest absolute Gasteiger partial charge is 0.271 e. The first-order chi connectivity index (χ1) is 14.1. The number of carbonyl (C=O) groups excluding carboxylic acids is 1. The molecule has 2 aromatic heterocycles. The van der Waals surface area contributed by atoms with Crippen LogP contribution in [0.5, 0.6) is 0 Å². The molecule has 2 aromatic carbocycles. The normalized spacial score (nSPS) is 11.0. The van der Waals surface area contributed by atoms with Gasteiger partial charge >= 0.3 is 0 Å². The highest BCUT2D eigenvalue weighted by Gasteiger charge is 2.19. The van der Waals surface area contributed by atoms with E-state index in [4.69, 9.17) is 0 Å². The van der Waals surface area contributed by atoms with E-state index in [0.29, 0.717) is 4.96 Å². The van der Waals surface area contributed by atoms with Gasteiger partial charge in [0.25, 0.3) is 11.5 Å². The summed E-state index contributed by atoms with van der Waals surface area (Å²) in [5.74, 6) is -0.433. The Morgan fingerprint density at radius 3 is 2.38 bits per heavy atom. The molecule has 0 atom stereocenters. The molecular formula is C23H21N3O2S. The van der Waals surface area contributed by atoms with Crippen LogP contribution in [0.3, 0.4) is 0 Å². The van der Waals surface area contributed by atoms with Gasteiger partial charge in [-0.05, 0) is 29.5 Å². The number of carbonyl (C=O) groups is 1. The van der Waals surface area contributed by atoms with Crippen molar-refractivity contribution in [3.63, 3.8) is 0 Å². The summed E-state index contributed by atoms with van der Waals surface area (Å²) in [7, 11) is 0. The van der Waals surface area contributed by atoms with E-state index in [1.54, 1.807) is 0 Å². The van der Waals surface area contributed by atoms with Crippen molar-refractivity contribution in [2.45, 2.75) is 26.7 Å². The van der Waals surface area contributed by atoms with E-state index in [1.165, 1.54) is 21.9 Å². The Hall–Kier alpha value is -3.25. The molecule has 6 heteroatoms. The quantitative estimate of drug-likeness (QED) is 0.521. The summed E-state index contributed by atoms with van der Waals surface area (Å²) >= 11 is 1.38. The zero-order valence-electron chi connectivity index (χ0n) is 16.3. The summed E-state index contributed by atoms with van der Waals surface area (Å²) in [5.41, 5.74) is 4.21. The molecule has 1 amide bonds. The van der Waals surface area contributed by atoms with Gasteiger partial charge in [-0.25, -0.2) is 4.98 Å². The van der Waals surface area contributed by atoms with Crippen LogP contribution in [0.15, 0.2) is 64.9 Å². The highest BCUT2D eigenvalue weighted by Crippen LogP contribution is 2.25.